The van der Waals surface area contributed by atoms with Crippen LogP contribution in [0, 0.1) is 17.8 Å². The third-order valence-electron chi connectivity index (χ3n) is 5.70. The molecule has 4 bridgehead atoms. The van der Waals surface area contributed by atoms with Gasteiger partial charge in [0.05, 0.1) is 18.5 Å². The highest BCUT2D eigenvalue weighted by molar-refractivity contribution is 5.69. The Labute approximate surface area is 120 Å². The number of ether oxygens (including phenoxy) is 1. The van der Waals surface area contributed by atoms with Gasteiger partial charge in [0.1, 0.15) is 5.75 Å². The number of nitrogens with two attached hydrogens (primary N) is 1. The van der Waals surface area contributed by atoms with Crippen LogP contribution >= 0.6 is 0 Å². The quantitative estimate of drug-likeness (QED) is 0.826. The molecule has 4 fully saturated rings. The fraction of sp³-hybridized carbons (Fsp3) is 0.647. The summed E-state index contributed by atoms with van der Waals surface area (Å²) < 4.78 is 5.24. The van der Waals surface area contributed by atoms with E-state index in [1.54, 1.807) is 7.11 Å². The molecular formula is C17H24N2O. The van der Waals surface area contributed by atoms with E-state index >= 15 is 0 Å². The van der Waals surface area contributed by atoms with Crippen molar-refractivity contribution in [3.8, 4) is 5.75 Å². The molecule has 0 spiro atoms. The van der Waals surface area contributed by atoms with Crippen molar-refractivity contribution in [1.29, 1.82) is 0 Å². The van der Waals surface area contributed by atoms with E-state index in [1.165, 1.54) is 38.5 Å². The standard InChI is InChI=1S/C17H24N2O/c1-20-14-2-3-16(15(18)7-14)19-17-8-11-4-12(9-17)6-13(5-11)10-17/h2-3,7,11-13,19H,4-6,8-10,18H2,1H3. The number of rotatable bonds is 3. The molecule has 0 amide bonds. The first kappa shape index (κ1) is 12.4. The number of anilines is 2. The molecule has 3 nitrogen and oxygen atoms in total. The van der Waals surface area contributed by atoms with Crippen molar-refractivity contribution in [3.05, 3.63) is 18.2 Å². The van der Waals surface area contributed by atoms with Crippen LogP contribution in [0.2, 0.25) is 0 Å². The molecule has 20 heavy (non-hydrogen) atoms. The molecule has 3 N–H and O–H groups in total. The summed E-state index contributed by atoms with van der Waals surface area (Å²) in [5, 5.41) is 3.83. The lowest BCUT2D eigenvalue weighted by Gasteiger charge is -2.57. The van der Waals surface area contributed by atoms with Crippen molar-refractivity contribution in [1.82, 2.24) is 0 Å². The lowest BCUT2D eigenvalue weighted by atomic mass is 9.53. The monoisotopic (exact) mass is 272 g/mol. The topological polar surface area (TPSA) is 47.3 Å². The van der Waals surface area contributed by atoms with Gasteiger partial charge in [0, 0.05) is 11.6 Å². The van der Waals surface area contributed by atoms with Crippen LogP contribution < -0.4 is 15.8 Å². The minimum Gasteiger partial charge on any atom is -0.497 e. The third kappa shape index (κ3) is 1.95. The number of nitrogens with one attached hydrogen (secondary N) is 1. The van der Waals surface area contributed by atoms with Crippen molar-refractivity contribution >= 4 is 11.4 Å². The highest BCUT2D eigenvalue weighted by Gasteiger charge is 2.50. The van der Waals surface area contributed by atoms with Crippen LogP contribution in [0.25, 0.3) is 0 Å². The Morgan fingerprint density at radius 3 is 2.20 bits per heavy atom. The summed E-state index contributed by atoms with van der Waals surface area (Å²) in [7, 11) is 1.68. The molecule has 0 heterocycles. The number of benzene rings is 1. The molecule has 5 rings (SSSR count). The first-order chi connectivity index (χ1) is 9.66. The minimum absolute atomic E-state index is 0.317. The van der Waals surface area contributed by atoms with Gasteiger partial charge in [0.2, 0.25) is 0 Å². The summed E-state index contributed by atoms with van der Waals surface area (Å²) in [5.74, 6) is 3.69. The van der Waals surface area contributed by atoms with Crippen molar-refractivity contribution in [2.24, 2.45) is 17.8 Å². The minimum atomic E-state index is 0.317. The fourth-order valence-electron chi connectivity index (χ4n) is 5.33. The molecule has 0 unspecified atom stereocenters. The van der Waals surface area contributed by atoms with Crippen molar-refractivity contribution < 1.29 is 4.74 Å². The summed E-state index contributed by atoms with van der Waals surface area (Å²) in [6, 6.07) is 5.99. The molecule has 0 atom stereocenters. The van der Waals surface area contributed by atoms with E-state index in [2.05, 4.69) is 11.4 Å². The van der Waals surface area contributed by atoms with Gasteiger partial charge in [0.25, 0.3) is 0 Å². The largest absolute Gasteiger partial charge is 0.497 e. The van der Waals surface area contributed by atoms with Crippen molar-refractivity contribution in [3.63, 3.8) is 0 Å². The summed E-state index contributed by atoms with van der Waals surface area (Å²) in [6.07, 6.45) is 8.43. The van der Waals surface area contributed by atoms with E-state index in [9.17, 15) is 0 Å². The van der Waals surface area contributed by atoms with E-state index in [1.807, 2.05) is 12.1 Å². The van der Waals surface area contributed by atoms with E-state index in [0.717, 1.165) is 34.9 Å². The second-order valence-electron chi connectivity index (χ2n) is 7.28. The highest BCUT2D eigenvalue weighted by Crippen LogP contribution is 2.56. The Morgan fingerprint density at radius 1 is 1.10 bits per heavy atom. The van der Waals surface area contributed by atoms with Crippen LogP contribution in [0.15, 0.2) is 18.2 Å². The number of methoxy groups -OCH3 is 1. The zero-order valence-corrected chi connectivity index (χ0v) is 12.2. The Kier molecular flexibility index (Phi) is 2.66. The van der Waals surface area contributed by atoms with Crippen LogP contribution in [-0.2, 0) is 0 Å². The van der Waals surface area contributed by atoms with Gasteiger partial charge in [-0.2, -0.15) is 0 Å². The van der Waals surface area contributed by atoms with Gasteiger partial charge in [-0.25, -0.2) is 0 Å². The molecule has 4 saturated carbocycles. The van der Waals surface area contributed by atoms with Gasteiger partial charge < -0.3 is 15.8 Å². The van der Waals surface area contributed by atoms with Crippen LogP contribution in [0.3, 0.4) is 0 Å². The maximum Gasteiger partial charge on any atom is 0.121 e. The highest BCUT2D eigenvalue weighted by atomic mass is 16.5. The summed E-state index contributed by atoms with van der Waals surface area (Å²) >= 11 is 0. The van der Waals surface area contributed by atoms with E-state index in [0.29, 0.717) is 5.54 Å². The zero-order chi connectivity index (χ0) is 13.7. The first-order valence-corrected chi connectivity index (χ1v) is 7.87. The maximum absolute atomic E-state index is 6.18. The van der Waals surface area contributed by atoms with E-state index in [4.69, 9.17) is 10.5 Å². The summed E-state index contributed by atoms with van der Waals surface area (Å²) in [5.41, 5.74) is 8.40. The van der Waals surface area contributed by atoms with Crippen molar-refractivity contribution in [2.45, 2.75) is 44.1 Å². The first-order valence-electron chi connectivity index (χ1n) is 7.87. The average molecular weight is 272 g/mol. The molecule has 0 aliphatic heterocycles. The molecule has 1 aromatic rings. The normalized spacial score (nSPS) is 38.0. The van der Waals surface area contributed by atoms with Crippen LogP contribution in [-0.4, -0.2) is 12.6 Å². The summed E-state index contributed by atoms with van der Waals surface area (Å²) in [6.45, 7) is 0. The molecule has 0 saturated heterocycles. The number of nitrogen functional groups attached to an aromatic ring is 1. The molecular weight excluding hydrogens is 248 g/mol. The summed E-state index contributed by atoms with van der Waals surface area (Å²) in [4.78, 5) is 0. The molecule has 4 aliphatic rings. The molecule has 0 aromatic heterocycles. The van der Waals surface area contributed by atoms with Gasteiger partial charge in [0.15, 0.2) is 0 Å². The van der Waals surface area contributed by atoms with Crippen LogP contribution in [0.5, 0.6) is 5.75 Å². The Bertz CT molecular complexity index is 490. The van der Waals surface area contributed by atoms with Gasteiger partial charge >= 0.3 is 0 Å². The lowest BCUT2D eigenvalue weighted by molar-refractivity contribution is 0.0107. The predicted octanol–water partition coefficient (Wildman–Crippen LogP) is 3.66. The zero-order valence-electron chi connectivity index (χ0n) is 12.2. The molecule has 4 aliphatic carbocycles. The Morgan fingerprint density at radius 2 is 1.70 bits per heavy atom. The number of hydrogen-bond acceptors (Lipinski definition) is 3. The Hall–Kier alpha value is -1.38. The lowest BCUT2D eigenvalue weighted by Crippen LogP contribution is -2.54. The second kappa shape index (κ2) is 4.31. The van der Waals surface area contributed by atoms with Crippen LogP contribution in [0.1, 0.15) is 38.5 Å². The van der Waals surface area contributed by atoms with Crippen molar-refractivity contribution in [2.75, 3.05) is 18.2 Å². The maximum atomic E-state index is 6.18. The smallest absolute Gasteiger partial charge is 0.121 e. The SMILES string of the molecule is COc1ccc(NC23CC4CC(CC(C4)C2)C3)c(N)c1. The number of hydrogen-bond donors (Lipinski definition) is 2. The fourth-order valence-corrected chi connectivity index (χ4v) is 5.33. The van der Waals surface area contributed by atoms with Gasteiger partial charge in [-0.15, -0.1) is 0 Å². The average Bonchev–Trinajstić information content (AvgIpc) is 2.39. The van der Waals surface area contributed by atoms with E-state index in [-0.39, 0.29) is 0 Å². The van der Waals surface area contributed by atoms with Gasteiger partial charge in [-0.1, -0.05) is 0 Å². The van der Waals surface area contributed by atoms with E-state index < -0.39 is 0 Å². The molecule has 0 radical (unpaired) electrons. The molecule has 108 valence electrons. The van der Waals surface area contributed by atoms with Gasteiger partial charge in [-0.3, -0.25) is 0 Å². The van der Waals surface area contributed by atoms with Gasteiger partial charge in [-0.05, 0) is 68.4 Å². The second-order valence-corrected chi connectivity index (χ2v) is 7.28. The Balaban J connectivity index is 1.59. The van der Waals surface area contributed by atoms with Crippen LogP contribution in [0.4, 0.5) is 11.4 Å². The molecule has 1 aromatic carbocycles. The predicted molar refractivity (Wildman–Crippen MR) is 81.9 cm³/mol. The molecule has 3 heteroatoms. The third-order valence-corrected chi connectivity index (χ3v) is 5.70.